The fourth-order valence-corrected chi connectivity index (χ4v) is 21.1. The van der Waals surface area contributed by atoms with E-state index in [4.69, 9.17) is 4.74 Å². The topological polar surface area (TPSA) is 22.2 Å². The van der Waals surface area contributed by atoms with E-state index >= 15 is 0 Å². The van der Waals surface area contributed by atoms with Crippen LogP contribution in [-0.2, 0) is 0 Å². The molecule has 0 saturated heterocycles. The summed E-state index contributed by atoms with van der Waals surface area (Å²) < 4.78 is 15.1. The van der Waals surface area contributed by atoms with Crippen LogP contribution in [0, 0.1) is 0 Å². The van der Waals surface area contributed by atoms with Crippen LogP contribution in [0.2, 0.25) is 0 Å². The standard InChI is InChI=1S/C91H56B2N4OS3/c1-5-26-56(27-6-1)86(68-40-23-37-65-62-34-13-20-47-83(62)99-89(65)68)57-50-78-88-82(51-57)98-81-46-19-17-42-70(81)93(88)71-54-72-77(55-76(71)96(78)60-32-11-4-12-33-60)97(75-45-25-39-67-64-36-15-22-49-85(64)101-91(67)75)80-53-61(52-79-87(80)92(72)69-41-16-18-43-73(69)95(79)59-30-9-3-10-31-59)94(58-28-7-2-8-29-58)74-44-24-38-66-63-35-14-21-48-84(63)100-90(66)74/h1-55,86H. The van der Waals surface area contributed by atoms with E-state index in [1.165, 1.54) is 99.1 Å². The molecule has 4 aliphatic rings. The number of hydrogen-bond donors (Lipinski definition) is 0. The van der Waals surface area contributed by atoms with E-state index in [1.54, 1.807) is 0 Å². The minimum atomic E-state index is -0.202. The molecule has 0 spiro atoms. The van der Waals surface area contributed by atoms with Crippen LogP contribution in [0.1, 0.15) is 22.6 Å². The van der Waals surface area contributed by atoms with Crippen LogP contribution in [-0.4, -0.2) is 13.4 Å². The summed E-state index contributed by atoms with van der Waals surface area (Å²) in [6.07, 6.45) is 0. The predicted molar refractivity (Wildman–Crippen MR) is 433 cm³/mol. The molecule has 18 aromatic rings. The number of para-hydroxylation sites is 5. The normalized spacial score (nSPS) is 13.5. The maximum Gasteiger partial charge on any atom is 0.256 e. The van der Waals surface area contributed by atoms with E-state index in [9.17, 15) is 0 Å². The van der Waals surface area contributed by atoms with Gasteiger partial charge in [0.25, 0.3) is 13.4 Å². The Kier molecular flexibility index (Phi) is 12.6. The summed E-state index contributed by atoms with van der Waals surface area (Å²) in [4.78, 5) is 10.3. The van der Waals surface area contributed by atoms with Gasteiger partial charge in [0.05, 0.1) is 26.5 Å². The van der Waals surface area contributed by atoms with Crippen molar-refractivity contribution in [2.45, 2.75) is 5.92 Å². The van der Waals surface area contributed by atoms with Crippen LogP contribution in [0.5, 0.6) is 11.5 Å². The SMILES string of the molecule is c1ccc(C(c2cc3c4c(c2)N(c2ccccc2)c2cc5c(cc2B4c2ccccc2O3)B2c3ccccc3N(c3ccccc3)c3cc(N(c4ccccc4)c4cccc6c4sc4ccccc46)cc(c32)N5c2cccc3c2sc2ccccc23)c2cccc3c2sc2ccccc23)cc1. The second kappa shape index (κ2) is 22.3. The molecular formula is C91H56B2N4OS3. The summed E-state index contributed by atoms with van der Waals surface area (Å²) in [5, 5.41) is 7.59. The number of benzene rings is 15. The summed E-state index contributed by atoms with van der Waals surface area (Å²) in [7, 11) is 0. The first-order valence-electron chi connectivity index (χ1n) is 34.6. The minimum Gasteiger partial charge on any atom is -0.458 e. The molecule has 470 valence electrons. The van der Waals surface area contributed by atoms with E-state index in [1.807, 2.05) is 34.0 Å². The summed E-state index contributed by atoms with van der Waals surface area (Å²) in [6.45, 7) is -0.398. The molecule has 0 amide bonds. The molecule has 1 atom stereocenters. The van der Waals surface area contributed by atoms with Crippen LogP contribution < -0.4 is 57.1 Å². The van der Waals surface area contributed by atoms with Crippen molar-refractivity contribution >= 4 is 209 Å². The number of anilines is 12. The Labute approximate surface area is 596 Å². The Morgan fingerprint density at radius 1 is 0.287 bits per heavy atom. The molecule has 0 bridgehead atoms. The van der Waals surface area contributed by atoms with Crippen molar-refractivity contribution in [2.24, 2.45) is 0 Å². The average molecular weight is 1340 g/mol. The smallest absolute Gasteiger partial charge is 0.256 e. The van der Waals surface area contributed by atoms with E-state index in [2.05, 4.69) is 353 Å². The molecule has 0 radical (unpaired) electrons. The lowest BCUT2D eigenvalue weighted by molar-refractivity contribution is 0.486. The van der Waals surface area contributed by atoms with Crippen molar-refractivity contribution in [1.29, 1.82) is 0 Å². The molecule has 1 unspecified atom stereocenters. The van der Waals surface area contributed by atoms with Crippen molar-refractivity contribution in [3.63, 3.8) is 0 Å². The monoisotopic (exact) mass is 1340 g/mol. The van der Waals surface area contributed by atoms with Gasteiger partial charge < -0.3 is 24.3 Å². The van der Waals surface area contributed by atoms with Gasteiger partial charge in [-0.3, -0.25) is 0 Å². The Bertz CT molecular complexity index is 6450. The van der Waals surface area contributed by atoms with E-state index in [0.717, 1.165) is 90.7 Å². The van der Waals surface area contributed by atoms with Crippen LogP contribution in [0.15, 0.2) is 334 Å². The van der Waals surface area contributed by atoms with Crippen LogP contribution in [0.4, 0.5) is 68.2 Å². The fourth-order valence-electron chi connectivity index (χ4n) is 17.4. The van der Waals surface area contributed by atoms with Crippen molar-refractivity contribution < 1.29 is 4.74 Å². The van der Waals surface area contributed by atoms with Gasteiger partial charge >= 0.3 is 0 Å². The van der Waals surface area contributed by atoms with Crippen LogP contribution in [0.3, 0.4) is 0 Å². The van der Waals surface area contributed by atoms with Gasteiger partial charge in [0.2, 0.25) is 0 Å². The Morgan fingerprint density at radius 3 is 1.47 bits per heavy atom. The van der Waals surface area contributed by atoms with Gasteiger partial charge in [-0.1, -0.05) is 224 Å². The van der Waals surface area contributed by atoms with Gasteiger partial charge in [-0.15, -0.1) is 34.0 Å². The van der Waals surface area contributed by atoms with Gasteiger partial charge in [-0.25, -0.2) is 0 Å². The second-order valence-corrected chi connectivity index (χ2v) is 30.1. The Balaban J connectivity index is 0.861. The number of thiophene rings is 3. The van der Waals surface area contributed by atoms with Gasteiger partial charge in [-0.05, 0) is 159 Å². The van der Waals surface area contributed by atoms with Crippen LogP contribution >= 0.6 is 34.0 Å². The van der Waals surface area contributed by atoms with Crippen molar-refractivity contribution in [1.82, 2.24) is 0 Å². The van der Waals surface area contributed by atoms with Gasteiger partial charge in [0.15, 0.2) is 0 Å². The van der Waals surface area contributed by atoms with Crippen molar-refractivity contribution in [3.05, 3.63) is 350 Å². The summed E-state index contributed by atoms with van der Waals surface area (Å²) in [6, 6.07) is 125. The highest BCUT2D eigenvalue weighted by atomic mass is 32.1. The highest BCUT2D eigenvalue weighted by molar-refractivity contribution is 7.27. The number of rotatable bonds is 9. The van der Waals surface area contributed by atoms with Crippen molar-refractivity contribution in [3.8, 4) is 11.5 Å². The maximum absolute atomic E-state index is 7.48. The highest BCUT2D eigenvalue weighted by Gasteiger charge is 2.49. The van der Waals surface area contributed by atoms with Gasteiger partial charge in [0.1, 0.15) is 11.5 Å². The summed E-state index contributed by atoms with van der Waals surface area (Å²) in [5.41, 5.74) is 24.3. The lowest BCUT2D eigenvalue weighted by atomic mass is 9.30. The molecule has 0 aliphatic carbocycles. The highest BCUT2D eigenvalue weighted by Crippen LogP contribution is 2.55. The number of fused-ring (bicyclic) bond motifs is 17. The lowest BCUT2D eigenvalue weighted by Crippen LogP contribution is -2.64. The average Bonchev–Trinajstić information content (AvgIpc) is 1.59. The molecule has 15 aromatic carbocycles. The quantitative estimate of drug-likeness (QED) is 0.106. The molecule has 22 rings (SSSR count). The second-order valence-electron chi connectivity index (χ2n) is 26.9. The molecule has 3 aromatic heterocycles. The third-order valence-electron chi connectivity index (χ3n) is 21.5. The minimum absolute atomic E-state index is 0.142. The zero-order valence-corrected chi connectivity index (χ0v) is 56.9. The maximum atomic E-state index is 7.48. The summed E-state index contributed by atoms with van der Waals surface area (Å²) >= 11 is 5.66. The van der Waals surface area contributed by atoms with E-state index in [-0.39, 0.29) is 19.3 Å². The zero-order chi connectivity index (χ0) is 66.0. The number of ether oxygens (including phenoxy) is 1. The molecule has 101 heavy (non-hydrogen) atoms. The molecule has 0 N–H and O–H groups in total. The largest absolute Gasteiger partial charge is 0.458 e. The summed E-state index contributed by atoms with van der Waals surface area (Å²) in [5.74, 6) is 1.61. The molecular weight excluding hydrogens is 1280 g/mol. The molecule has 5 nitrogen and oxygen atoms in total. The molecule has 10 heteroatoms. The molecule has 7 heterocycles. The Hall–Kier alpha value is -11.9. The first-order valence-corrected chi connectivity index (χ1v) is 37.1. The number of nitrogens with zero attached hydrogens (tertiary/aromatic N) is 4. The van der Waals surface area contributed by atoms with E-state index in [0.29, 0.717) is 0 Å². The van der Waals surface area contributed by atoms with Crippen molar-refractivity contribution in [2.75, 3.05) is 19.6 Å². The first kappa shape index (κ1) is 57.0. The molecule has 0 saturated carbocycles. The molecule has 0 fully saturated rings. The lowest BCUT2D eigenvalue weighted by Gasteiger charge is -2.46. The molecule has 4 aliphatic heterocycles. The van der Waals surface area contributed by atoms with Crippen LogP contribution in [0.25, 0.3) is 60.5 Å². The van der Waals surface area contributed by atoms with Gasteiger partial charge in [0, 0.05) is 108 Å². The van der Waals surface area contributed by atoms with E-state index < -0.39 is 0 Å². The number of hydrogen-bond acceptors (Lipinski definition) is 8. The third-order valence-corrected chi connectivity index (χ3v) is 25.2. The first-order chi connectivity index (χ1) is 50.1. The zero-order valence-electron chi connectivity index (χ0n) is 54.4. The fraction of sp³-hybridized carbons (Fsp3) is 0.0110. The Morgan fingerprint density at radius 2 is 0.772 bits per heavy atom. The van der Waals surface area contributed by atoms with Gasteiger partial charge in [-0.2, -0.15) is 0 Å². The predicted octanol–water partition coefficient (Wildman–Crippen LogP) is 21.9. The third kappa shape index (κ3) is 8.50.